The van der Waals surface area contributed by atoms with E-state index in [1.165, 1.54) is 18.2 Å². The summed E-state index contributed by atoms with van der Waals surface area (Å²) >= 11 is 0. The molecule has 0 spiro atoms. The van der Waals surface area contributed by atoms with Gasteiger partial charge in [-0.2, -0.15) is 0 Å². The lowest BCUT2D eigenvalue weighted by Gasteiger charge is -2.18. The smallest absolute Gasteiger partial charge is 0.129 e. The third kappa shape index (κ3) is 4.06. The summed E-state index contributed by atoms with van der Waals surface area (Å²) in [5.74, 6) is -1.14. The fourth-order valence-corrected chi connectivity index (χ4v) is 1.80. The van der Waals surface area contributed by atoms with Gasteiger partial charge in [-0.15, -0.1) is 0 Å². The maximum Gasteiger partial charge on any atom is 0.129 e. The Balaban J connectivity index is 2.55. The van der Waals surface area contributed by atoms with Crippen molar-refractivity contribution in [1.29, 1.82) is 0 Å². The van der Waals surface area contributed by atoms with Gasteiger partial charge in [0.2, 0.25) is 0 Å². The lowest BCUT2D eigenvalue weighted by atomic mass is 9.99. The first-order valence-electron chi connectivity index (χ1n) is 5.92. The fraction of sp³-hybridized carbons (Fsp3) is 0.538. The molecule has 0 bridgehead atoms. The van der Waals surface area contributed by atoms with E-state index in [1.54, 1.807) is 0 Å². The molecule has 0 heterocycles. The first-order chi connectivity index (χ1) is 8.06. The zero-order chi connectivity index (χ0) is 12.8. The molecule has 0 aliphatic heterocycles. The third-order valence-corrected chi connectivity index (χ3v) is 2.87. The highest BCUT2D eigenvalue weighted by atomic mass is 19.1. The maximum absolute atomic E-state index is 13.3. The van der Waals surface area contributed by atoms with E-state index in [0.29, 0.717) is 6.42 Å². The van der Waals surface area contributed by atoms with Crippen LogP contribution in [0.1, 0.15) is 31.7 Å². The number of hydrogen-bond donors (Lipinski definition) is 2. The average molecular weight is 243 g/mol. The Bertz CT molecular complexity index is 337. The Morgan fingerprint density at radius 3 is 2.35 bits per heavy atom. The van der Waals surface area contributed by atoms with Gasteiger partial charge in [-0.05, 0) is 31.4 Å². The first-order valence-corrected chi connectivity index (χ1v) is 5.92. The summed E-state index contributed by atoms with van der Waals surface area (Å²) < 4.78 is 26.6. The van der Waals surface area contributed by atoms with Crippen molar-refractivity contribution in [3.63, 3.8) is 0 Å². The van der Waals surface area contributed by atoms with Crippen LogP contribution in [0.15, 0.2) is 18.2 Å². The Morgan fingerprint density at radius 2 is 1.82 bits per heavy atom. The van der Waals surface area contributed by atoms with Crippen LogP contribution in [0.25, 0.3) is 0 Å². The molecule has 1 rings (SSSR count). The molecule has 2 atom stereocenters. The SMILES string of the molecule is CCCC(N)C(O)CCc1c(F)cccc1F. The van der Waals surface area contributed by atoms with Gasteiger partial charge in [0.05, 0.1) is 6.10 Å². The fourth-order valence-electron chi connectivity index (χ4n) is 1.80. The molecule has 2 nitrogen and oxygen atoms in total. The van der Waals surface area contributed by atoms with E-state index < -0.39 is 17.7 Å². The summed E-state index contributed by atoms with van der Waals surface area (Å²) in [6.07, 6.45) is 1.32. The molecule has 96 valence electrons. The third-order valence-electron chi connectivity index (χ3n) is 2.87. The molecule has 17 heavy (non-hydrogen) atoms. The van der Waals surface area contributed by atoms with Crippen molar-refractivity contribution in [2.24, 2.45) is 5.73 Å². The van der Waals surface area contributed by atoms with Gasteiger partial charge in [-0.1, -0.05) is 19.4 Å². The van der Waals surface area contributed by atoms with Crippen LogP contribution in [0.3, 0.4) is 0 Å². The minimum atomic E-state index is -0.714. The molecule has 0 aliphatic rings. The second-order valence-corrected chi connectivity index (χ2v) is 4.26. The van der Waals surface area contributed by atoms with Gasteiger partial charge < -0.3 is 10.8 Å². The number of halogens is 2. The summed E-state index contributed by atoms with van der Waals surface area (Å²) in [5.41, 5.74) is 5.75. The number of aliphatic hydroxyl groups excluding tert-OH is 1. The van der Waals surface area contributed by atoms with E-state index in [-0.39, 0.29) is 24.4 Å². The molecular weight excluding hydrogens is 224 g/mol. The number of rotatable bonds is 6. The van der Waals surface area contributed by atoms with Crippen molar-refractivity contribution >= 4 is 0 Å². The van der Waals surface area contributed by atoms with Crippen molar-refractivity contribution in [1.82, 2.24) is 0 Å². The van der Waals surface area contributed by atoms with E-state index >= 15 is 0 Å². The minimum absolute atomic E-state index is 0.0234. The van der Waals surface area contributed by atoms with E-state index in [9.17, 15) is 13.9 Å². The van der Waals surface area contributed by atoms with Gasteiger partial charge in [0.15, 0.2) is 0 Å². The molecule has 0 saturated carbocycles. The number of nitrogens with two attached hydrogens (primary N) is 1. The van der Waals surface area contributed by atoms with E-state index in [1.807, 2.05) is 6.92 Å². The first kappa shape index (κ1) is 14.1. The molecule has 3 N–H and O–H groups in total. The summed E-state index contributed by atoms with van der Waals surface area (Å²) in [7, 11) is 0. The molecule has 1 aromatic rings. The molecule has 2 unspecified atom stereocenters. The second kappa shape index (κ2) is 6.67. The van der Waals surface area contributed by atoms with Gasteiger partial charge in [0.1, 0.15) is 11.6 Å². The standard InChI is InChI=1S/C13H19F2NO/c1-2-4-12(16)13(17)8-7-9-10(14)5-3-6-11(9)15/h3,5-6,12-13,17H,2,4,7-8,16H2,1H3. The van der Waals surface area contributed by atoms with Crippen LogP contribution >= 0.6 is 0 Å². The minimum Gasteiger partial charge on any atom is -0.392 e. The molecule has 0 amide bonds. The number of aliphatic hydroxyl groups is 1. The molecular formula is C13H19F2NO. The lowest BCUT2D eigenvalue weighted by Crippen LogP contribution is -2.34. The van der Waals surface area contributed by atoms with Crippen LogP contribution in [0.2, 0.25) is 0 Å². The van der Waals surface area contributed by atoms with E-state index in [0.717, 1.165) is 6.42 Å². The van der Waals surface area contributed by atoms with Gasteiger partial charge in [-0.3, -0.25) is 0 Å². The van der Waals surface area contributed by atoms with Gasteiger partial charge in [0.25, 0.3) is 0 Å². The molecule has 0 aliphatic carbocycles. The predicted octanol–water partition coefficient (Wildman–Crippen LogP) is 2.39. The summed E-state index contributed by atoms with van der Waals surface area (Å²) in [4.78, 5) is 0. The van der Waals surface area contributed by atoms with Crippen molar-refractivity contribution in [3.8, 4) is 0 Å². The zero-order valence-corrected chi connectivity index (χ0v) is 10.00. The lowest BCUT2D eigenvalue weighted by molar-refractivity contribution is 0.130. The Morgan fingerprint density at radius 1 is 1.24 bits per heavy atom. The highest BCUT2D eigenvalue weighted by Crippen LogP contribution is 2.16. The molecule has 0 aromatic heterocycles. The van der Waals surface area contributed by atoms with Crippen molar-refractivity contribution in [3.05, 3.63) is 35.4 Å². The molecule has 0 fully saturated rings. The highest BCUT2D eigenvalue weighted by molar-refractivity contribution is 5.19. The van der Waals surface area contributed by atoms with Crippen LogP contribution in [0, 0.1) is 11.6 Å². The zero-order valence-electron chi connectivity index (χ0n) is 10.00. The normalized spacial score (nSPS) is 14.6. The Labute approximate surface area is 100 Å². The average Bonchev–Trinajstić information content (AvgIpc) is 2.28. The van der Waals surface area contributed by atoms with Crippen molar-refractivity contribution < 1.29 is 13.9 Å². The largest absolute Gasteiger partial charge is 0.392 e. The highest BCUT2D eigenvalue weighted by Gasteiger charge is 2.16. The Kier molecular flexibility index (Phi) is 5.51. The second-order valence-electron chi connectivity index (χ2n) is 4.26. The van der Waals surface area contributed by atoms with Crippen LogP contribution in [0.5, 0.6) is 0 Å². The topological polar surface area (TPSA) is 46.2 Å². The summed E-state index contributed by atoms with van der Waals surface area (Å²) in [6.45, 7) is 1.98. The summed E-state index contributed by atoms with van der Waals surface area (Å²) in [6, 6.07) is 3.44. The van der Waals surface area contributed by atoms with Gasteiger partial charge in [-0.25, -0.2) is 8.78 Å². The van der Waals surface area contributed by atoms with E-state index in [2.05, 4.69) is 0 Å². The molecule has 0 saturated heterocycles. The van der Waals surface area contributed by atoms with Crippen molar-refractivity contribution in [2.75, 3.05) is 0 Å². The van der Waals surface area contributed by atoms with E-state index in [4.69, 9.17) is 5.73 Å². The van der Waals surface area contributed by atoms with Gasteiger partial charge >= 0.3 is 0 Å². The maximum atomic E-state index is 13.3. The van der Waals surface area contributed by atoms with Crippen LogP contribution in [-0.2, 0) is 6.42 Å². The quantitative estimate of drug-likeness (QED) is 0.805. The molecule has 0 radical (unpaired) electrons. The van der Waals surface area contributed by atoms with Gasteiger partial charge in [0, 0.05) is 11.6 Å². The summed E-state index contributed by atoms with van der Waals surface area (Å²) in [5, 5.41) is 9.72. The predicted molar refractivity (Wildman–Crippen MR) is 63.6 cm³/mol. The van der Waals surface area contributed by atoms with Crippen LogP contribution in [-0.4, -0.2) is 17.3 Å². The van der Waals surface area contributed by atoms with Crippen LogP contribution in [0.4, 0.5) is 8.78 Å². The van der Waals surface area contributed by atoms with Crippen LogP contribution < -0.4 is 5.73 Å². The van der Waals surface area contributed by atoms with Crippen molar-refractivity contribution in [2.45, 2.75) is 44.8 Å². The number of hydrogen-bond acceptors (Lipinski definition) is 2. The molecule has 1 aromatic carbocycles. The molecule has 4 heteroatoms. The number of benzene rings is 1. The Hall–Kier alpha value is -1.00. The monoisotopic (exact) mass is 243 g/mol.